The van der Waals surface area contributed by atoms with Gasteiger partial charge in [0.2, 0.25) is 0 Å². The fourth-order valence-electron chi connectivity index (χ4n) is 2.09. The lowest BCUT2D eigenvalue weighted by Crippen LogP contribution is -2.36. The van der Waals surface area contributed by atoms with Crippen molar-refractivity contribution in [2.45, 2.75) is 25.7 Å². The van der Waals surface area contributed by atoms with Crippen molar-refractivity contribution in [1.29, 1.82) is 0 Å². The molecular formula is C17H17F3N2O. The van der Waals surface area contributed by atoms with E-state index in [0.717, 1.165) is 17.7 Å². The van der Waals surface area contributed by atoms with Crippen molar-refractivity contribution in [2.75, 3.05) is 0 Å². The molecule has 2 N–H and O–H groups in total. The minimum absolute atomic E-state index is 0.349. The zero-order chi connectivity index (χ0) is 16.9. The van der Waals surface area contributed by atoms with Gasteiger partial charge in [-0.1, -0.05) is 42.5 Å². The van der Waals surface area contributed by atoms with Crippen LogP contribution in [0.5, 0.6) is 0 Å². The summed E-state index contributed by atoms with van der Waals surface area (Å²) in [4.78, 5) is 11.8. The van der Waals surface area contributed by atoms with Crippen LogP contribution in [0.15, 0.2) is 54.6 Å². The number of carbonyl (C=O) groups excluding carboxylic acids is 1. The summed E-state index contributed by atoms with van der Waals surface area (Å²) in [7, 11) is 0. The fraction of sp³-hybridized carbons (Fsp3) is 0.235. The summed E-state index contributed by atoms with van der Waals surface area (Å²) in [5.41, 5.74) is 0.609. The molecule has 2 amide bonds. The van der Waals surface area contributed by atoms with Crippen LogP contribution in [0.2, 0.25) is 0 Å². The Balaban J connectivity index is 1.93. The highest BCUT2D eigenvalue weighted by atomic mass is 19.4. The van der Waals surface area contributed by atoms with E-state index in [4.69, 9.17) is 0 Å². The van der Waals surface area contributed by atoms with E-state index in [-0.39, 0.29) is 0 Å². The maximum absolute atomic E-state index is 12.7. The second kappa shape index (κ2) is 7.17. The van der Waals surface area contributed by atoms with E-state index in [9.17, 15) is 18.0 Å². The molecule has 2 aromatic carbocycles. The molecule has 23 heavy (non-hydrogen) atoms. The van der Waals surface area contributed by atoms with Crippen LogP contribution in [0.3, 0.4) is 0 Å². The molecular weight excluding hydrogens is 305 g/mol. The van der Waals surface area contributed by atoms with E-state index < -0.39 is 23.8 Å². The molecule has 0 saturated heterocycles. The molecule has 2 rings (SSSR count). The molecule has 0 spiro atoms. The van der Waals surface area contributed by atoms with Gasteiger partial charge in [-0.15, -0.1) is 0 Å². The Morgan fingerprint density at radius 2 is 1.78 bits per heavy atom. The molecule has 0 aliphatic rings. The third-order valence-electron chi connectivity index (χ3n) is 3.36. The zero-order valence-corrected chi connectivity index (χ0v) is 12.5. The van der Waals surface area contributed by atoms with Crippen molar-refractivity contribution in [3.63, 3.8) is 0 Å². The van der Waals surface area contributed by atoms with Crippen molar-refractivity contribution < 1.29 is 18.0 Å². The number of carbonyl (C=O) groups is 1. The van der Waals surface area contributed by atoms with E-state index >= 15 is 0 Å². The summed E-state index contributed by atoms with van der Waals surface area (Å²) in [6.45, 7) is 1.99. The molecule has 122 valence electrons. The van der Waals surface area contributed by atoms with Gasteiger partial charge >= 0.3 is 12.2 Å². The Kier molecular flexibility index (Phi) is 5.26. The molecule has 0 fully saturated rings. The highest BCUT2D eigenvalue weighted by Crippen LogP contribution is 2.30. The van der Waals surface area contributed by atoms with Gasteiger partial charge in [-0.2, -0.15) is 13.2 Å². The molecule has 6 heteroatoms. The Bertz CT molecular complexity index is 656. The largest absolute Gasteiger partial charge is 0.416 e. The van der Waals surface area contributed by atoms with Crippen LogP contribution in [0.4, 0.5) is 18.0 Å². The minimum Gasteiger partial charge on any atom is -0.334 e. The summed E-state index contributed by atoms with van der Waals surface area (Å²) in [5, 5.41) is 5.30. The van der Waals surface area contributed by atoms with Gasteiger partial charge in [0.1, 0.15) is 0 Å². The van der Waals surface area contributed by atoms with E-state index in [1.54, 1.807) is 13.0 Å². The second-order valence-electron chi connectivity index (χ2n) is 5.16. The number of hydrogen-bond acceptors (Lipinski definition) is 1. The first-order valence-corrected chi connectivity index (χ1v) is 7.11. The first-order valence-electron chi connectivity index (χ1n) is 7.11. The highest BCUT2D eigenvalue weighted by molar-refractivity contribution is 5.74. The SMILES string of the molecule is CC(NC(=O)NCc1ccccc1)c1cccc(C(F)(F)F)c1. The molecule has 0 aromatic heterocycles. The van der Waals surface area contributed by atoms with Gasteiger partial charge in [0.05, 0.1) is 11.6 Å². The van der Waals surface area contributed by atoms with Crippen molar-refractivity contribution in [3.05, 3.63) is 71.3 Å². The lowest BCUT2D eigenvalue weighted by Gasteiger charge is -2.16. The topological polar surface area (TPSA) is 41.1 Å². The molecule has 0 aliphatic heterocycles. The number of alkyl halides is 3. The minimum atomic E-state index is -4.40. The molecule has 0 aliphatic carbocycles. The van der Waals surface area contributed by atoms with E-state index in [2.05, 4.69) is 10.6 Å². The Hall–Kier alpha value is -2.50. The molecule has 0 saturated carbocycles. The lowest BCUT2D eigenvalue weighted by atomic mass is 10.1. The van der Waals surface area contributed by atoms with Gasteiger partial charge in [0.25, 0.3) is 0 Å². The molecule has 2 aromatic rings. The Morgan fingerprint density at radius 3 is 2.43 bits per heavy atom. The summed E-state index contributed by atoms with van der Waals surface area (Å²) < 4.78 is 38.1. The van der Waals surface area contributed by atoms with E-state index in [1.807, 2.05) is 30.3 Å². The maximum atomic E-state index is 12.7. The zero-order valence-electron chi connectivity index (χ0n) is 12.5. The number of urea groups is 1. The third kappa shape index (κ3) is 5.02. The van der Waals surface area contributed by atoms with Crippen LogP contribution in [0.1, 0.15) is 29.7 Å². The first kappa shape index (κ1) is 16.9. The number of hydrogen-bond donors (Lipinski definition) is 2. The van der Waals surface area contributed by atoms with Gasteiger partial charge in [0, 0.05) is 6.54 Å². The number of rotatable bonds is 4. The van der Waals surface area contributed by atoms with Crippen molar-refractivity contribution in [1.82, 2.24) is 10.6 Å². The normalized spacial score (nSPS) is 12.5. The first-order chi connectivity index (χ1) is 10.9. The Labute approximate surface area is 132 Å². The predicted molar refractivity (Wildman–Crippen MR) is 81.7 cm³/mol. The summed E-state index contributed by atoms with van der Waals surface area (Å²) in [5.74, 6) is 0. The van der Waals surface area contributed by atoms with Gasteiger partial charge in [-0.25, -0.2) is 4.79 Å². The highest BCUT2D eigenvalue weighted by Gasteiger charge is 2.30. The number of nitrogens with one attached hydrogen (secondary N) is 2. The van der Waals surface area contributed by atoms with Crippen molar-refractivity contribution in [3.8, 4) is 0 Å². The molecule has 1 unspecified atom stereocenters. The van der Waals surface area contributed by atoms with Crippen LogP contribution in [-0.2, 0) is 12.7 Å². The summed E-state index contributed by atoms with van der Waals surface area (Å²) in [6, 6.07) is 13.3. The van der Waals surface area contributed by atoms with E-state index in [0.29, 0.717) is 12.1 Å². The lowest BCUT2D eigenvalue weighted by molar-refractivity contribution is -0.137. The monoisotopic (exact) mass is 322 g/mol. The van der Waals surface area contributed by atoms with Crippen LogP contribution >= 0.6 is 0 Å². The molecule has 0 heterocycles. The van der Waals surface area contributed by atoms with Crippen molar-refractivity contribution in [2.24, 2.45) is 0 Å². The Morgan fingerprint density at radius 1 is 1.09 bits per heavy atom. The maximum Gasteiger partial charge on any atom is 0.416 e. The molecule has 3 nitrogen and oxygen atoms in total. The second-order valence-corrected chi connectivity index (χ2v) is 5.16. The quantitative estimate of drug-likeness (QED) is 0.867. The smallest absolute Gasteiger partial charge is 0.334 e. The van der Waals surface area contributed by atoms with Crippen LogP contribution in [0.25, 0.3) is 0 Å². The average molecular weight is 322 g/mol. The third-order valence-corrected chi connectivity index (χ3v) is 3.36. The predicted octanol–water partition coefficient (Wildman–Crippen LogP) is 4.27. The fourth-order valence-corrected chi connectivity index (χ4v) is 2.09. The molecule has 0 radical (unpaired) electrons. The number of benzene rings is 2. The molecule has 1 atom stereocenters. The summed E-state index contributed by atoms with van der Waals surface area (Å²) in [6.07, 6.45) is -4.40. The van der Waals surface area contributed by atoms with Gasteiger partial charge < -0.3 is 10.6 Å². The van der Waals surface area contributed by atoms with Gasteiger partial charge in [-0.3, -0.25) is 0 Å². The van der Waals surface area contributed by atoms with Gasteiger partial charge in [-0.05, 0) is 30.2 Å². The van der Waals surface area contributed by atoms with Crippen molar-refractivity contribution >= 4 is 6.03 Å². The van der Waals surface area contributed by atoms with Crippen LogP contribution < -0.4 is 10.6 Å². The van der Waals surface area contributed by atoms with Crippen LogP contribution in [-0.4, -0.2) is 6.03 Å². The van der Waals surface area contributed by atoms with E-state index in [1.165, 1.54) is 6.07 Å². The number of amides is 2. The standard InChI is InChI=1S/C17H17F3N2O/c1-12(14-8-5-9-15(10-14)17(18,19)20)22-16(23)21-11-13-6-3-2-4-7-13/h2-10,12H,11H2,1H3,(H2,21,22,23). The van der Waals surface area contributed by atoms with Crippen LogP contribution in [0, 0.1) is 0 Å². The summed E-state index contributed by atoms with van der Waals surface area (Å²) >= 11 is 0. The molecule has 0 bridgehead atoms. The average Bonchev–Trinajstić information content (AvgIpc) is 2.53. The number of halogens is 3. The van der Waals surface area contributed by atoms with Gasteiger partial charge in [0.15, 0.2) is 0 Å².